The standard InChI is InChI=1S/C16H8F3NO3/c17-9-1-3-10(4-2-9)20-14(16(22)23)6-8-5-12(18)13(19)7-11(8)15(20)21/h1-7H,(H,22,23). The highest BCUT2D eigenvalue weighted by molar-refractivity contribution is 5.93. The third-order valence-electron chi connectivity index (χ3n) is 3.36. The lowest BCUT2D eigenvalue weighted by molar-refractivity contribution is 0.0687. The molecular weight excluding hydrogens is 311 g/mol. The minimum atomic E-state index is -1.43. The maximum Gasteiger partial charge on any atom is 0.353 e. The third kappa shape index (κ3) is 2.46. The number of fused-ring (bicyclic) bond motifs is 1. The lowest BCUT2D eigenvalue weighted by atomic mass is 10.1. The Morgan fingerprint density at radius 2 is 1.57 bits per heavy atom. The highest BCUT2D eigenvalue weighted by atomic mass is 19.2. The predicted molar refractivity (Wildman–Crippen MR) is 76.4 cm³/mol. The summed E-state index contributed by atoms with van der Waals surface area (Å²) in [7, 11) is 0. The van der Waals surface area contributed by atoms with Crippen molar-refractivity contribution in [2.75, 3.05) is 0 Å². The number of carboxylic acid groups (broad SMARTS) is 1. The Labute approximate surface area is 127 Å². The molecule has 0 aliphatic carbocycles. The van der Waals surface area contributed by atoms with Gasteiger partial charge in [-0.15, -0.1) is 0 Å². The predicted octanol–water partition coefficient (Wildman–Crippen LogP) is 3.11. The van der Waals surface area contributed by atoms with Gasteiger partial charge in [-0.05, 0) is 47.9 Å². The largest absolute Gasteiger partial charge is 0.477 e. The Kier molecular flexibility index (Phi) is 3.40. The van der Waals surface area contributed by atoms with Gasteiger partial charge in [0.1, 0.15) is 11.5 Å². The second-order valence-corrected chi connectivity index (χ2v) is 4.81. The number of halogens is 3. The summed E-state index contributed by atoms with van der Waals surface area (Å²) in [6.07, 6.45) is 0. The number of pyridine rings is 1. The van der Waals surface area contributed by atoms with E-state index in [2.05, 4.69) is 0 Å². The quantitative estimate of drug-likeness (QED) is 0.789. The van der Waals surface area contributed by atoms with Crippen molar-refractivity contribution in [3.05, 3.63) is 76.0 Å². The number of carboxylic acids is 1. The van der Waals surface area contributed by atoms with Crippen LogP contribution in [0.4, 0.5) is 13.2 Å². The fourth-order valence-electron chi connectivity index (χ4n) is 2.31. The Morgan fingerprint density at radius 3 is 2.17 bits per heavy atom. The van der Waals surface area contributed by atoms with Crippen molar-refractivity contribution in [1.29, 1.82) is 0 Å². The van der Waals surface area contributed by atoms with Gasteiger partial charge in [-0.3, -0.25) is 9.36 Å². The number of aromatic carboxylic acids is 1. The number of hydrogen-bond acceptors (Lipinski definition) is 2. The zero-order valence-electron chi connectivity index (χ0n) is 11.4. The molecule has 0 amide bonds. The average molecular weight is 319 g/mol. The summed E-state index contributed by atoms with van der Waals surface area (Å²) < 4.78 is 40.5. The van der Waals surface area contributed by atoms with Crippen LogP contribution in [0.1, 0.15) is 10.5 Å². The van der Waals surface area contributed by atoms with Crippen molar-refractivity contribution in [1.82, 2.24) is 4.57 Å². The van der Waals surface area contributed by atoms with Crippen molar-refractivity contribution in [2.24, 2.45) is 0 Å². The molecule has 0 radical (unpaired) electrons. The van der Waals surface area contributed by atoms with E-state index < -0.39 is 34.7 Å². The first-order valence-electron chi connectivity index (χ1n) is 6.42. The van der Waals surface area contributed by atoms with Crippen molar-refractivity contribution in [2.45, 2.75) is 0 Å². The van der Waals surface area contributed by atoms with Crippen LogP contribution in [0.5, 0.6) is 0 Å². The molecule has 0 bridgehead atoms. The zero-order valence-corrected chi connectivity index (χ0v) is 11.4. The van der Waals surface area contributed by atoms with E-state index in [1.807, 2.05) is 0 Å². The molecule has 3 rings (SSSR count). The average Bonchev–Trinajstić information content (AvgIpc) is 2.50. The van der Waals surface area contributed by atoms with E-state index >= 15 is 0 Å². The number of rotatable bonds is 2. The monoisotopic (exact) mass is 319 g/mol. The van der Waals surface area contributed by atoms with E-state index in [9.17, 15) is 27.9 Å². The Bertz CT molecular complexity index is 994. The van der Waals surface area contributed by atoms with Gasteiger partial charge in [0, 0.05) is 5.69 Å². The first kappa shape index (κ1) is 14.8. The summed E-state index contributed by atoms with van der Waals surface area (Å²) >= 11 is 0. The van der Waals surface area contributed by atoms with E-state index in [1.54, 1.807) is 0 Å². The summed E-state index contributed by atoms with van der Waals surface area (Å²) in [5.74, 6) is -4.40. The molecular formula is C16H8F3NO3. The molecule has 0 fully saturated rings. The number of benzene rings is 2. The number of hydrogen-bond donors (Lipinski definition) is 1. The van der Waals surface area contributed by atoms with Gasteiger partial charge < -0.3 is 5.11 Å². The fraction of sp³-hybridized carbons (Fsp3) is 0. The van der Waals surface area contributed by atoms with E-state index in [0.29, 0.717) is 6.07 Å². The highest BCUT2D eigenvalue weighted by Crippen LogP contribution is 2.19. The molecule has 1 heterocycles. The highest BCUT2D eigenvalue weighted by Gasteiger charge is 2.18. The molecule has 23 heavy (non-hydrogen) atoms. The van der Waals surface area contributed by atoms with Crippen molar-refractivity contribution in [3.63, 3.8) is 0 Å². The number of carbonyl (C=O) groups is 1. The van der Waals surface area contributed by atoms with Gasteiger partial charge in [-0.2, -0.15) is 0 Å². The summed E-state index contributed by atoms with van der Waals surface area (Å²) in [5, 5.41) is 9.07. The SMILES string of the molecule is O=C(O)c1cc2cc(F)c(F)cc2c(=O)n1-c1ccc(F)cc1. The van der Waals surface area contributed by atoms with Gasteiger partial charge in [0.2, 0.25) is 0 Å². The van der Waals surface area contributed by atoms with Crippen LogP contribution in [0.2, 0.25) is 0 Å². The molecule has 0 aliphatic rings. The first-order chi connectivity index (χ1) is 10.9. The topological polar surface area (TPSA) is 59.3 Å². The molecule has 0 atom stereocenters. The minimum absolute atomic E-state index is 0.0374. The lowest BCUT2D eigenvalue weighted by Gasteiger charge is -2.12. The first-order valence-corrected chi connectivity index (χ1v) is 6.42. The van der Waals surface area contributed by atoms with Gasteiger partial charge in [0.25, 0.3) is 5.56 Å². The molecule has 0 saturated heterocycles. The van der Waals surface area contributed by atoms with Crippen LogP contribution in [-0.2, 0) is 0 Å². The van der Waals surface area contributed by atoms with Crippen LogP contribution in [-0.4, -0.2) is 15.6 Å². The number of nitrogens with zero attached hydrogens (tertiary/aromatic N) is 1. The summed E-state index contributed by atoms with van der Waals surface area (Å²) in [5.41, 5.74) is -1.19. The molecule has 0 saturated carbocycles. The smallest absolute Gasteiger partial charge is 0.353 e. The van der Waals surface area contributed by atoms with Gasteiger partial charge in [0.05, 0.1) is 5.39 Å². The third-order valence-corrected chi connectivity index (χ3v) is 3.36. The second kappa shape index (κ2) is 5.28. The molecule has 4 nitrogen and oxygen atoms in total. The minimum Gasteiger partial charge on any atom is -0.477 e. The molecule has 0 spiro atoms. The van der Waals surface area contributed by atoms with Crippen LogP contribution in [0.15, 0.2) is 47.3 Å². The van der Waals surface area contributed by atoms with Crippen LogP contribution >= 0.6 is 0 Å². The Hall–Kier alpha value is -3.09. The molecule has 1 N–H and O–H groups in total. The molecule has 3 aromatic rings. The fourth-order valence-corrected chi connectivity index (χ4v) is 2.31. The van der Waals surface area contributed by atoms with E-state index in [1.165, 1.54) is 12.1 Å². The molecule has 1 aromatic heterocycles. The molecule has 7 heteroatoms. The van der Waals surface area contributed by atoms with Crippen LogP contribution < -0.4 is 5.56 Å². The summed E-state index contributed by atoms with van der Waals surface area (Å²) in [4.78, 5) is 23.9. The van der Waals surface area contributed by atoms with Crippen LogP contribution in [0, 0.1) is 17.5 Å². The van der Waals surface area contributed by atoms with Crippen molar-refractivity contribution >= 4 is 16.7 Å². The molecule has 0 unspecified atom stereocenters. The summed E-state index contributed by atoms with van der Waals surface area (Å²) in [6.45, 7) is 0. The summed E-state index contributed by atoms with van der Waals surface area (Å²) in [6, 6.07) is 7.08. The van der Waals surface area contributed by atoms with E-state index in [-0.39, 0.29) is 16.5 Å². The van der Waals surface area contributed by atoms with E-state index in [0.717, 1.165) is 28.8 Å². The molecule has 0 aliphatic heterocycles. The van der Waals surface area contributed by atoms with Gasteiger partial charge in [-0.25, -0.2) is 18.0 Å². The van der Waals surface area contributed by atoms with Gasteiger partial charge in [-0.1, -0.05) is 0 Å². The normalized spacial score (nSPS) is 10.9. The van der Waals surface area contributed by atoms with Crippen molar-refractivity contribution < 1.29 is 23.1 Å². The van der Waals surface area contributed by atoms with Gasteiger partial charge in [0.15, 0.2) is 11.6 Å². The maximum absolute atomic E-state index is 13.4. The van der Waals surface area contributed by atoms with Crippen LogP contribution in [0.3, 0.4) is 0 Å². The molecule has 2 aromatic carbocycles. The number of aromatic nitrogens is 1. The van der Waals surface area contributed by atoms with E-state index in [4.69, 9.17) is 0 Å². The van der Waals surface area contributed by atoms with Gasteiger partial charge >= 0.3 is 5.97 Å². The lowest BCUT2D eigenvalue weighted by Crippen LogP contribution is -2.24. The maximum atomic E-state index is 13.4. The zero-order chi connectivity index (χ0) is 16.7. The Morgan fingerprint density at radius 1 is 0.957 bits per heavy atom. The Balaban J connectivity index is 2.44. The molecule has 116 valence electrons. The second-order valence-electron chi connectivity index (χ2n) is 4.81. The van der Waals surface area contributed by atoms with Crippen LogP contribution in [0.25, 0.3) is 16.5 Å². The van der Waals surface area contributed by atoms with Crippen molar-refractivity contribution in [3.8, 4) is 5.69 Å².